The zero-order valence-corrected chi connectivity index (χ0v) is 54.4. The van der Waals surface area contributed by atoms with Crippen molar-refractivity contribution in [3.63, 3.8) is 0 Å². The number of aryl methyl sites for hydroxylation is 2. The lowest BCUT2D eigenvalue weighted by Crippen LogP contribution is -2.28. The molecule has 4 heterocycles. The van der Waals surface area contributed by atoms with Crippen molar-refractivity contribution in [1.82, 2.24) is 9.97 Å². The maximum Gasteiger partial charge on any atom is 0.134 e. The second-order valence-electron chi connectivity index (χ2n) is 25.0. The predicted octanol–water partition coefficient (Wildman–Crippen LogP) is 26.5. The van der Waals surface area contributed by atoms with Gasteiger partial charge in [-0.05, 0) is 98.2 Å². The molecular formula is C72H112N2S4. The molecule has 0 saturated heterocycles. The summed E-state index contributed by atoms with van der Waals surface area (Å²) in [6, 6.07) is 15.0. The SMILES string of the molecule is CCCCCCCCCCCCC1(CCCCCCCCCCCC)c2cc3c(cc2-c2sc(C)nc21)C(CCCCCCCCCCCC)(CCCCCCCCCCCC)c1nc(-c2ccc(-c4ccc(C)s4)s2)sc1-3. The minimum Gasteiger partial charge on any atom is -0.245 e. The lowest BCUT2D eigenvalue weighted by molar-refractivity contribution is 0.386. The van der Waals surface area contributed by atoms with Crippen molar-refractivity contribution in [1.29, 1.82) is 0 Å². The molecule has 0 N–H and O–H groups in total. The van der Waals surface area contributed by atoms with Crippen molar-refractivity contribution in [2.45, 2.75) is 335 Å². The molecule has 0 unspecified atom stereocenters. The van der Waals surface area contributed by atoms with Crippen molar-refractivity contribution in [2.24, 2.45) is 0 Å². The minimum absolute atomic E-state index is 0.00172. The molecule has 0 spiro atoms. The highest BCUT2D eigenvalue weighted by molar-refractivity contribution is 7.27. The van der Waals surface area contributed by atoms with E-state index in [-0.39, 0.29) is 10.8 Å². The molecule has 0 saturated carbocycles. The zero-order valence-electron chi connectivity index (χ0n) is 51.1. The number of thiophene rings is 2. The van der Waals surface area contributed by atoms with Gasteiger partial charge in [0, 0.05) is 25.5 Å². The van der Waals surface area contributed by atoms with Crippen LogP contribution in [0.3, 0.4) is 0 Å². The molecule has 2 aliphatic rings. The van der Waals surface area contributed by atoms with Crippen LogP contribution in [0.1, 0.15) is 343 Å². The standard InChI is InChI=1S/C72H112N2S4/c1-7-11-15-19-23-27-31-35-39-43-51-71(52-44-40-36-32-28-24-20-16-12-8-2)61-56-60-62(55-59(61)66-68(71)73-58(6)76-66)72(53-45-41-37-33-29-25-21-17-13-9-3,54-46-42-38-34-30-26-22-18-14-10-4)69-67(60)78-70(74-69)65-50-49-64(77-65)63-48-47-57(5)75-63/h47-50,55-56H,7-46,51-54H2,1-6H3. The molecule has 4 aromatic heterocycles. The first-order valence-electron chi connectivity index (χ1n) is 33.7. The smallest absolute Gasteiger partial charge is 0.134 e. The quantitative estimate of drug-likeness (QED) is 0.0363. The van der Waals surface area contributed by atoms with Gasteiger partial charge in [0.2, 0.25) is 0 Å². The van der Waals surface area contributed by atoms with Crippen LogP contribution in [0.2, 0.25) is 0 Å². The third-order valence-corrected chi connectivity index (χ3v) is 23.1. The molecule has 0 bridgehead atoms. The van der Waals surface area contributed by atoms with Gasteiger partial charge in [-0.1, -0.05) is 285 Å². The molecule has 7 rings (SSSR count). The first kappa shape index (κ1) is 63.5. The fourth-order valence-electron chi connectivity index (χ4n) is 14.0. The summed E-state index contributed by atoms with van der Waals surface area (Å²) in [5, 5.41) is 2.52. The highest BCUT2D eigenvalue weighted by Crippen LogP contribution is 2.63. The van der Waals surface area contributed by atoms with Crippen LogP contribution in [-0.2, 0) is 10.8 Å². The fraction of sp³-hybridized carbons (Fsp3) is 0.722. The number of thiazole rings is 2. The van der Waals surface area contributed by atoms with Gasteiger partial charge in [0.1, 0.15) is 5.01 Å². The van der Waals surface area contributed by atoms with Crippen LogP contribution in [0, 0.1) is 13.8 Å². The molecule has 5 aromatic rings. The number of nitrogens with zero attached hydrogens (tertiary/aromatic N) is 2. The Bertz CT molecular complexity index is 2360. The third kappa shape index (κ3) is 17.9. The molecule has 0 amide bonds. The number of hydrogen-bond donors (Lipinski definition) is 0. The maximum absolute atomic E-state index is 5.99. The van der Waals surface area contributed by atoms with Crippen molar-refractivity contribution < 1.29 is 0 Å². The van der Waals surface area contributed by atoms with Crippen LogP contribution in [0.4, 0.5) is 0 Å². The molecule has 0 fully saturated rings. The van der Waals surface area contributed by atoms with E-state index >= 15 is 0 Å². The van der Waals surface area contributed by atoms with E-state index in [0.717, 1.165) is 0 Å². The second-order valence-corrected chi connectivity index (χ2v) is 29.6. The van der Waals surface area contributed by atoms with Crippen LogP contribution in [0.15, 0.2) is 36.4 Å². The Morgan fingerprint density at radius 3 is 0.987 bits per heavy atom. The average molecular weight is 1130 g/mol. The molecule has 78 heavy (non-hydrogen) atoms. The van der Waals surface area contributed by atoms with E-state index in [1.54, 1.807) is 22.3 Å². The average Bonchev–Trinajstić information content (AvgIpc) is 4.30. The predicted molar refractivity (Wildman–Crippen MR) is 352 cm³/mol. The Labute approximate surface area is 496 Å². The summed E-state index contributed by atoms with van der Waals surface area (Å²) in [5.74, 6) is 0. The molecule has 6 heteroatoms. The van der Waals surface area contributed by atoms with Gasteiger partial charge in [0.25, 0.3) is 0 Å². The van der Waals surface area contributed by atoms with Gasteiger partial charge in [0.15, 0.2) is 0 Å². The summed E-state index contributed by atoms with van der Waals surface area (Å²) < 4.78 is 0. The van der Waals surface area contributed by atoms with Crippen LogP contribution in [0.25, 0.3) is 40.5 Å². The molecule has 434 valence electrons. The van der Waals surface area contributed by atoms with Crippen molar-refractivity contribution >= 4 is 45.3 Å². The van der Waals surface area contributed by atoms with E-state index in [0.29, 0.717) is 0 Å². The van der Waals surface area contributed by atoms with Gasteiger partial charge >= 0.3 is 0 Å². The summed E-state index contributed by atoms with van der Waals surface area (Å²) >= 11 is 7.96. The molecule has 2 nitrogen and oxygen atoms in total. The largest absolute Gasteiger partial charge is 0.245 e. The number of rotatable bonds is 46. The van der Waals surface area contributed by atoms with Gasteiger partial charge in [-0.2, -0.15) is 0 Å². The summed E-state index contributed by atoms with van der Waals surface area (Å²) in [6.45, 7) is 13.9. The number of hydrogen-bond acceptors (Lipinski definition) is 6. The van der Waals surface area contributed by atoms with Crippen LogP contribution in [0.5, 0.6) is 0 Å². The van der Waals surface area contributed by atoms with Gasteiger partial charge < -0.3 is 0 Å². The Morgan fingerprint density at radius 2 is 0.628 bits per heavy atom. The number of benzene rings is 1. The van der Waals surface area contributed by atoms with Crippen LogP contribution >= 0.6 is 45.3 Å². The topological polar surface area (TPSA) is 25.8 Å². The molecular weight excluding hydrogens is 1020 g/mol. The second kappa shape index (κ2) is 35.1. The van der Waals surface area contributed by atoms with E-state index < -0.39 is 0 Å². The molecule has 2 aliphatic carbocycles. The summed E-state index contributed by atoms with van der Waals surface area (Å²) in [4.78, 5) is 20.2. The zero-order chi connectivity index (χ0) is 54.7. The Kier molecular flexibility index (Phi) is 28.6. The molecule has 0 atom stereocenters. The van der Waals surface area contributed by atoms with Gasteiger partial charge in [-0.15, -0.1) is 45.3 Å². The number of aromatic nitrogens is 2. The van der Waals surface area contributed by atoms with E-state index in [4.69, 9.17) is 9.97 Å². The summed E-state index contributed by atoms with van der Waals surface area (Å²) in [6.07, 6.45) is 60.3. The summed E-state index contributed by atoms with van der Waals surface area (Å²) in [7, 11) is 0. The fourth-order valence-corrected chi connectivity index (χ4v) is 18.2. The first-order valence-corrected chi connectivity index (χ1v) is 37.0. The monoisotopic (exact) mass is 1130 g/mol. The lowest BCUT2D eigenvalue weighted by atomic mass is 9.70. The summed E-state index contributed by atoms with van der Waals surface area (Å²) in [5.41, 5.74) is 9.27. The van der Waals surface area contributed by atoms with Gasteiger partial charge in [0.05, 0.1) is 31.0 Å². The number of fused-ring (bicyclic) bond motifs is 6. The van der Waals surface area contributed by atoms with E-state index in [1.807, 2.05) is 45.3 Å². The van der Waals surface area contributed by atoms with Crippen LogP contribution < -0.4 is 0 Å². The van der Waals surface area contributed by atoms with Crippen molar-refractivity contribution in [2.75, 3.05) is 0 Å². The van der Waals surface area contributed by atoms with Gasteiger partial charge in [-0.3, -0.25) is 0 Å². The number of unbranched alkanes of at least 4 members (excludes halogenated alkanes) is 36. The Balaban J connectivity index is 1.21. The normalized spacial score (nSPS) is 13.9. The molecule has 0 aliphatic heterocycles. The maximum atomic E-state index is 5.99. The van der Waals surface area contributed by atoms with Crippen molar-refractivity contribution in [3.8, 4) is 40.5 Å². The highest BCUT2D eigenvalue weighted by atomic mass is 32.1. The Hall–Kier alpha value is -2.12. The van der Waals surface area contributed by atoms with Crippen LogP contribution in [-0.4, -0.2) is 9.97 Å². The van der Waals surface area contributed by atoms with E-state index in [1.165, 1.54) is 333 Å². The van der Waals surface area contributed by atoms with E-state index in [9.17, 15) is 0 Å². The molecule has 1 aromatic carbocycles. The molecule has 0 radical (unpaired) electrons. The van der Waals surface area contributed by atoms with E-state index in [2.05, 4.69) is 77.9 Å². The first-order chi connectivity index (χ1) is 38.4. The van der Waals surface area contributed by atoms with Crippen molar-refractivity contribution in [3.05, 3.63) is 68.8 Å². The minimum atomic E-state index is -0.0437. The Morgan fingerprint density at radius 1 is 0.321 bits per heavy atom. The highest BCUT2D eigenvalue weighted by Gasteiger charge is 2.51. The lowest BCUT2D eigenvalue weighted by Gasteiger charge is -2.33. The van der Waals surface area contributed by atoms with Gasteiger partial charge in [-0.25, -0.2) is 9.97 Å². The third-order valence-electron chi connectivity index (χ3n) is 18.6.